The molecule has 35 heavy (non-hydrogen) atoms. The molecule has 0 spiro atoms. The Kier molecular flexibility index (Phi) is 7.40. The van der Waals surface area contributed by atoms with Gasteiger partial charge in [0.2, 0.25) is 0 Å². The Labute approximate surface area is 215 Å². The van der Waals surface area contributed by atoms with E-state index >= 15 is 0 Å². The average Bonchev–Trinajstić information content (AvgIpc) is 3.20. The van der Waals surface area contributed by atoms with Gasteiger partial charge in [-0.2, -0.15) is 0 Å². The topological polar surface area (TPSA) is 84.2 Å². The van der Waals surface area contributed by atoms with Gasteiger partial charge in [-0.25, -0.2) is 4.39 Å². The van der Waals surface area contributed by atoms with E-state index < -0.39 is 17.6 Å². The zero-order chi connectivity index (χ0) is 25.1. The largest absolute Gasteiger partial charge is 0.360 e. The smallest absolute Gasteiger partial charge is 0.261 e. The number of rotatable bonds is 6. The van der Waals surface area contributed by atoms with E-state index in [9.17, 15) is 14.0 Å². The molecule has 0 aliphatic carbocycles. The normalized spacial score (nSPS) is 10.8. The molecule has 4 rings (SSSR count). The van der Waals surface area contributed by atoms with Gasteiger partial charge in [-0.05, 0) is 43.3 Å². The third-order valence-electron chi connectivity index (χ3n) is 5.20. The van der Waals surface area contributed by atoms with Crippen LogP contribution < -0.4 is 10.6 Å². The zero-order valence-corrected chi connectivity index (χ0v) is 20.4. The van der Waals surface area contributed by atoms with Crippen LogP contribution in [0.1, 0.15) is 32.0 Å². The maximum atomic E-state index is 14.1. The number of para-hydroxylation sites is 1. The van der Waals surface area contributed by atoms with Crippen molar-refractivity contribution in [3.05, 3.63) is 104 Å². The summed E-state index contributed by atoms with van der Waals surface area (Å²) < 4.78 is 19.3. The summed E-state index contributed by atoms with van der Waals surface area (Å²) in [7, 11) is 0. The number of carbonyl (C=O) groups is 2. The molecule has 4 aromatic rings. The van der Waals surface area contributed by atoms with Crippen molar-refractivity contribution in [2.75, 3.05) is 5.32 Å². The molecule has 0 radical (unpaired) electrons. The fourth-order valence-electron chi connectivity index (χ4n) is 3.47. The lowest BCUT2D eigenvalue weighted by Gasteiger charge is -2.13. The van der Waals surface area contributed by atoms with Gasteiger partial charge in [0.25, 0.3) is 11.8 Å². The Morgan fingerprint density at radius 1 is 0.914 bits per heavy atom. The van der Waals surface area contributed by atoms with Crippen LogP contribution in [0.4, 0.5) is 10.1 Å². The molecule has 2 N–H and O–H groups in total. The van der Waals surface area contributed by atoms with Crippen LogP contribution in [-0.4, -0.2) is 17.0 Å². The summed E-state index contributed by atoms with van der Waals surface area (Å²) in [5.41, 5.74) is 1.20. The maximum absolute atomic E-state index is 14.1. The lowest BCUT2D eigenvalue weighted by atomic mass is 10.0. The lowest BCUT2D eigenvalue weighted by molar-refractivity contribution is 0.0951. The van der Waals surface area contributed by atoms with Gasteiger partial charge in [-0.1, -0.05) is 64.2 Å². The van der Waals surface area contributed by atoms with E-state index in [-0.39, 0.29) is 45.4 Å². The predicted octanol–water partition coefficient (Wildman–Crippen LogP) is 6.93. The number of anilines is 1. The van der Waals surface area contributed by atoms with E-state index in [0.29, 0.717) is 15.6 Å². The Balaban J connectivity index is 1.60. The molecule has 6 nitrogen and oxygen atoms in total. The molecule has 1 heterocycles. The van der Waals surface area contributed by atoms with Gasteiger partial charge in [-0.15, -0.1) is 0 Å². The molecule has 10 heteroatoms. The standard InChI is InChI=1S/C25H17Cl3FN3O3/c1-13-21(23(32-35-13)22-17(27)8-4-9-18(22)28)25(34)31-20-11-3-2-6-14(20)24(33)30-12-15-16(26)7-5-10-19(15)29/h2-11H,12H2,1H3,(H,30,33)(H,31,34). The van der Waals surface area contributed by atoms with E-state index in [4.69, 9.17) is 39.3 Å². The number of nitrogens with zero attached hydrogens (tertiary/aromatic N) is 1. The minimum absolute atomic E-state index is 0.119. The molecule has 0 saturated carbocycles. The minimum Gasteiger partial charge on any atom is -0.360 e. The highest BCUT2D eigenvalue weighted by Gasteiger charge is 2.26. The Morgan fingerprint density at radius 3 is 2.29 bits per heavy atom. The number of nitrogens with one attached hydrogen (secondary N) is 2. The third kappa shape index (κ3) is 5.17. The number of aromatic nitrogens is 1. The van der Waals surface area contributed by atoms with Crippen LogP contribution >= 0.6 is 34.8 Å². The van der Waals surface area contributed by atoms with Gasteiger partial charge in [0, 0.05) is 22.7 Å². The van der Waals surface area contributed by atoms with E-state index in [1.165, 1.54) is 24.3 Å². The van der Waals surface area contributed by atoms with E-state index in [1.807, 2.05) is 0 Å². The molecule has 0 bridgehead atoms. The van der Waals surface area contributed by atoms with Crippen molar-refractivity contribution < 1.29 is 18.5 Å². The Bertz CT molecular complexity index is 1400. The van der Waals surface area contributed by atoms with Crippen molar-refractivity contribution in [3.8, 4) is 11.3 Å². The molecule has 1 aromatic heterocycles. The average molecular weight is 533 g/mol. The molecule has 0 aliphatic heterocycles. The van der Waals surface area contributed by atoms with Crippen LogP contribution in [0.2, 0.25) is 15.1 Å². The van der Waals surface area contributed by atoms with Crippen molar-refractivity contribution in [2.45, 2.75) is 13.5 Å². The van der Waals surface area contributed by atoms with E-state index in [2.05, 4.69) is 15.8 Å². The van der Waals surface area contributed by atoms with E-state index in [1.54, 1.807) is 43.3 Å². The lowest BCUT2D eigenvalue weighted by Crippen LogP contribution is -2.25. The summed E-state index contributed by atoms with van der Waals surface area (Å²) in [5.74, 6) is -1.40. The quantitative estimate of drug-likeness (QED) is 0.282. The van der Waals surface area contributed by atoms with Crippen LogP contribution in [0.25, 0.3) is 11.3 Å². The SMILES string of the molecule is Cc1onc(-c2c(Cl)cccc2Cl)c1C(=O)Nc1ccccc1C(=O)NCc1c(F)cccc1Cl. The first-order valence-corrected chi connectivity index (χ1v) is 11.4. The minimum atomic E-state index is -0.577. The zero-order valence-electron chi connectivity index (χ0n) is 18.2. The second-order valence-electron chi connectivity index (χ2n) is 7.44. The number of carbonyl (C=O) groups excluding carboxylic acids is 2. The summed E-state index contributed by atoms with van der Waals surface area (Å²) >= 11 is 18.6. The summed E-state index contributed by atoms with van der Waals surface area (Å²) in [5, 5.41) is 10.1. The number of aryl methyl sites for hydroxylation is 1. The monoisotopic (exact) mass is 531 g/mol. The predicted molar refractivity (Wildman–Crippen MR) is 134 cm³/mol. The van der Waals surface area contributed by atoms with Gasteiger partial charge in [0.1, 0.15) is 22.8 Å². The summed E-state index contributed by atoms with van der Waals surface area (Å²) in [6.07, 6.45) is 0. The fraction of sp³-hybridized carbons (Fsp3) is 0.0800. The van der Waals surface area contributed by atoms with Crippen LogP contribution in [-0.2, 0) is 6.54 Å². The molecule has 3 aromatic carbocycles. The van der Waals surface area contributed by atoms with Crippen molar-refractivity contribution in [1.82, 2.24) is 10.5 Å². The van der Waals surface area contributed by atoms with Crippen LogP contribution in [0.5, 0.6) is 0 Å². The molecule has 178 valence electrons. The second-order valence-corrected chi connectivity index (χ2v) is 8.66. The van der Waals surface area contributed by atoms with Crippen molar-refractivity contribution >= 4 is 52.3 Å². The van der Waals surface area contributed by atoms with Gasteiger partial charge in [0.05, 0.1) is 21.3 Å². The Morgan fingerprint density at radius 2 is 1.57 bits per heavy atom. The van der Waals surface area contributed by atoms with Crippen molar-refractivity contribution in [2.24, 2.45) is 0 Å². The number of benzene rings is 3. The van der Waals surface area contributed by atoms with Crippen LogP contribution in [0, 0.1) is 12.7 Å². The molecule has 0 fully saturated rings. The van der Waals surface area contributed by atoms with Gasteiger partial charge in [0.15, 0.2) is 0 Å². The number of hydrogen-bond donors (Lipinski definition) is 2. The highest BCUT2D eigenvalue weighted by molar-refractivity contribution is 6.39. The first-order valence-electron chi connectivity index (χ1n) is 10.3. The third-order valence-corrected chi connectivity index (χ3v) is 6.18. The number of halogens is 4. The molecule has 0 saturated heterocycles. The first kappa shape index (κ1) is 24.7. The van der Waals surface area contributed by atoms with Gasteiger partial charge >= 0.3 is 0 Å². The van der Waals surface area contributed by atoms with Gasteiger partial charge in [-0.3, -0.25) is 9.59 Å². The summed E-state index contributed by atoms with van der Waals surface area (Å²) in [6.45, 7) is 1.44. The number of amides is 2. The molecular weight excluding hydrogens is 516 g/mol. The molecule has 0 atom stereocenters. The molecule has 2 amide bonds. The number of hydrogen-bond acceptors (Lipinski definition) is 4. The van der Waals surface area contributed by atoms with Crippen LogP contribution in [0.15, 0.2) is 65.2 Å². The maximum Gasteiger partial charge on any atom is 0.261 e. The second kappa shape index (κ2) is 10.5. The highest BCUT2D eigenvalue weighted by Crippen LogP contribution is 2.37. The van der Waals surface area contributed by atoms with Crippen molar-refractivity contribution in [3.63, 3.8) is 0 Å². The summed E-state index contributed by atoms with van der Waals surface area (Å²) in [6, 6.07) is 15.6. The fourth-order valence-corrected chi connectivity index (χ4v) is 4.28. The first-order chi connectivity index (χ1) is 16.8. The molecule has 0 unspecified atom stereocenters. The van der Waals surface area contributed by atoms with E-state index in [0.717, 1.165) is 0 Å². The van der Waals surface area contributed by atoms with Crippen molar-refractivity contribution in [1.29, 1.82) is 0 Å². The van der Waals surface area contributed by atoms with Crippen LogP contribution in [0.3, 0.4) is 0 Å². The summed E-state index contributed by atoms with van der Waals surface area (Å²) in [4.78, 5) is 26.1. The van der Waals surface area contributed by atoms with Gasteiger partial charge < -0.3 is 15.2 Å². The Hall–Kier alpha value is -3.39. The molecular formula is C25H17Cl3FN3O3. The highest BCUT2D eigenvalue weighted by atomic mass is 35.5. The molecule has 0 aliphatic rings.